The van der Waals surface area contributed by atoms with Gasteiger partial charge in [-0.05, 0) is 25.3 Å². The molecular formula is C17H24N4O3. The van der Waals surface area contributed by atoms with Crippen molar-refractivity contribution < 1.29 is 14.4 Å². The second-order valence-electron chi connectivity index (χ2n) is 6.48. The highest BCUT2D eigenvalue weighted by Crippen LogP contribution is 2.28. The first-order valence-electron chi connectivity index (χ1n) is 8.55. The average molecular weight is 332 g/mol. The van der Waals surface area contributed by atoms with Crippen LogP contribution in [-0.2, 0) is 9.59 Å². The van der Waals surface area contributed by atoms with Gasteiger partial charge in [-0.2, -0.15) is 0 Å². The molecule has 0 radical (unpaired) electrons. The van der Waals surface area contributed by atoms with E-state index in [1.807, 2.05) is 4.90 Å². The Labute approximate surface area is 141 Å². The molecule has 3 amide bonds. The maximum Gasteiger partial charge on any atom is 0.252 e. The van der Waals surface area contributed by atoms with Crippen molar-refractivity contribution in [2.24, 2.45) is 0 Å². The van der Waals surface area contributed by atoms with E-state index >= 15 is 0 Å². The summed E-state index contributed by atoms with van der Waals surface area (Å²) in [5.41, 5.74) is 1.54. The van der Waals surface area contributed by atoms with Crippen molar-refractivity contribution in [3.63, 3.8) is 0 Å². The van der Waals surface area contributed by atoms with E-state index in [2.05, 4.69) is 10.3 Å². The number of aromatic nitrogens is 1. The summed E-state index contributed by atoms with van der Waals surface area (Å²) in [6, 6.07) is 1.78. The van der Waals surface area contributed by atoms with Crippen LogP contribution in [0.2, 0.25) is 0 Å². The lowest BCUT2D eigenvalue weighted by Gasteiger charge is -2.33. The molecule has 1 aromatic rings. The molecule has 0 aromatic carbocycles. The van der Waals surface area contributed by atoms with Crippen molar-refractivity contribution in [1.29, 1.82) is 0 Å². The molecule has 2 saturated heterocycles. The number of H-pyrrole nitrogens is 1. The smallest absolute Gasteiger partial charge is 0.252 e. The molecule has 3 rings (SSSR count). The van der Waals surface area contributed by atoms with Gasteiger partial charge >= 0.3 is 0 Å². The topological polar surface area (TPSA) is 85.5 Å². The predicted octanol–water partition coefficient (Wildman–Crippen LogP) is 0.703. The van der Waals surface area contributed by atoms with Crippen LogP contribution in [0, 0.1) is 0 Å². The number of hydrogen-bond donors (Lipinski definition) is 2. The van der Waals surface area contributed by atoms with E-state index < -0.39 is 0 Å². The van der Waals surface area contributed by atoms with E-state index in [4.69, 9.17) is 0 Å². The number of nitrogens with zero attached hydrogens (tertiary/aromatic N) is 2. The van der Waals surface area contributed by atoms with E-state index in [-0.39, 0.29) is 30.2 Å². The van der Waals surface area contributed by atoms with Crippen LogP contribution in [0.4, 0.5) is 0 Å². The summed E-state index contributed by atoms with van der Waals surface area (Å²) in [4.78, 5) is 42.8. The molecule has 0 saturated carbocycles. The van der Waals surface area contributed by atoms with Gasteiger partial charge in [0.25, 0.3) is 5.91 Å². The number of likely N-dealkylation sites (tertiary alicyclic amines) is 2. The SMILES string of the molecule is CNC(=O)c1cc[nH]c1C1CCCN(C(=O)CN2CCCC2=O)C1. The summed E-state index contributed by atoms with van der Waals surface area (Å²) in [5.74, 6) is 0.0859. The summed E-state index contributed by atoms with van der Waals surface area (Å²) < 4.78 is 0. The van der Waals surface area contributed by atoms with Crippen LogP contribution in [0.3, 0.4) is 0 Å². The zero-order valence-electron chi connectivity index (χ0n) is 14.0. The average Bonchev–Trinajstić information content (AvgIpc) is 3.24. The van der Waals surface area contributed by atoms with Crippen LogP contribution in [0.15, 0.2) is 12.3 Å². The zero-order chi connectivity index (χ0) is 17.1. The number of carbonyl (C=O) groups excluding carboxylic acids is 3. The molecule has 0 spiro atoms. The molecular weight excluding hydrogens is 308 g/mol. The van der Waals surface area contributed by atoms with Gasteiger partial charge in [0.1, 0.15) is 0 Å². The van der Waals surface area contributed by atoms with Gasteiger partial charge in [-0.3, -0.25) is 14.4 Å². The lowest BCUT2D eigenvalue weighted by molar-refractivity contribution is -0.139. The van der Waals surface area contributed by atoms with Gasteiger partial charge in [0, 0.05) is 50.9 Å². The zero-order valence-corrected chi connectivity index (χ0v) is 14.0. The van der Waals surface area contributed by atoms with Crippen molar-refractivity contribution in [1.82, 2.24) is 20.1 Å². The fraction of sp³-hybridized carbons (Fsp3) is 0.588. The molecule has 7 heteroatoms. The minimum absolute atomic E-state index is 0.00278. The monoisotopic (exact) mass is 332 g/mol. The molecule has 2 fully saturated rings. The Kier molecular flexibility index (Phi) is 4.87. The Bertz CT molecular complexity index is 640. The first-order valence-corrected chi connectivity index (χ1v) is 8.55. The molecule has 1 atom stereocenters. The third-order valence-corrected chi connectivity index (χ3v) is 4.93. The van der Waals surface area contributed by atoms with Crippen LogP contribution < -0.4 is 5.32 Å². The van der Waals surface area contributed by atoms with Crippen LogP contribution in [0.25, 0.3) is 0 Å². The van der Waals surface area contributed by atoms with Crippen molar-refractivity contribution in [3.8, 4) is 0 Å². The molecule has 1 aromatic heterocycles. The number of piperidine rings is 1. The van der Waals surface area contributed by atoms with Gasteiger partial charge in [-0.1, -0.05) is 0 Å². The fourth-order valence-electron chi connectivity index (χ4n) is 3.63. The second-order valence-corrected chi connectivity index (χ2v) is 6.48. The van der Waals surface area contributed by atoms with Crippen molar-refractivity contribution in [2.75, 3.05) is 33.2 Å². The molecule has 2 aliphatic heterocycles. The van der Waals surface area contributed by atoms with Crippen LogP contribution >= 0.6 is 0 Å². The summed E-state index contributed by atoms with van der Waals surface area (Å²) in [6.45, 7) is 2.16. The summed E-state index contributed by atoms with van der Waals surface area (Å²) in [6.07, 6.45) is 5.00. The van der Waals surface area contributed by atoms with E-state index in [1.165, 1.54) is 0 Å². The Morgan fingerprint density at radius 2 is 2.17 bits per heavy atom. The molecule has 0 aliphatic carbocycles. The lowest BCUT2D eigenvalue weighted by atomic mass is 9.92. The molecule has 24 heavy (non-hydrogen) atoms. The maximum atomic E-state index is 12.5. The van der Waals surface area contributed by atoms with Crippen LogP contribution in [0.1, 0.15) is 47.7 Å². The summed E-state index contributed by atoms with van der Waals surface area (Å²) in [5, 5.41) is 2.65. The van der Waals surface area contributed by atoms with E-state index in [9.17, 15) is 14.4 Å². The van der Waals surface area contributed by atoms with Crippen molar-refractivity contribution in [2.45, 2.75) is 31.6 Å². The molecule has 0 bridgehead atoms. The van der Waals surface area contributed by atoms with E-state index in [0.29, 0.717) is 31.6 Å². The number of hydrogen-bond acceptors (Lipinski definition) is 3. The molecule has 7 nitrogen and oxygen atoms in total. The Hall–Kier alpha value is -2.31. The largest absolute Gasteiger partial charge is 0.364 e. The minimum Gasteiger partial charge on any atom is -0.364 e. The van der Waals surface area contributed by atoms with E-state index in [0.717, 1.165) is 25.0 Å². The number of rotatable bonds is 4. The first kappa shape index (κ1) is 16.5. The van der Waals surface area contributed by atoms with Crippen molar-refractivity contribution in [3.05, 3.63) is 23.5 Å². The quantitative estimate of drug-likeness (QED) is 0.851. The standard InChI is InChI=1S/C17H24N4O3/c1-18-17(24)13-6-7-19-16(13)12-4-2-8-20(10-12)15(23)11-21-9-3-5-14(21)22/h6-7,12,19H,2-5,8-11H2,1H3,(H,18,24). The van der Waals surface area contributed by atoms with Crippen LogP contribution in [0.5, 0.6) is 0 Å². The number of amides is 3. The van der Waals surface area contributed by atoms with Gasteiger partial charge in [-0.25, -0.2) is 0 Å². The normalized spacial score (nSPS) is 21.2. The van der Waals surface area contributed by atoms with Crippen molar-refractivity contribution >= 4 is 17.7 Å². The van der Waals surface area contributed by atoms with Gasteiger partial charge < -0.3 is 20.1 Å². The molecule has 2 aliphatic rings. The predicted molar refractivity (Wildman–Crippen MR) is 88.6 cm³/mol. The van der Waals surface area contributed by atoms with Crippen LogP contribution in [-0.4, -0.2) is 65.7 Å². The van der Waals surface area contributed by atoms with Gasteiger partial charge in [0.05, 0.1) is 12.1 Å². The molecule has 1 unspecified atom stereocenters. The number of carbonyl (C=O) groups is 3. The Morgan fingerprint density at radius 3 is 2.88 bits per heavy atom. The molecule has 3 heterocycles. The first-order chi connectivity index (χ1) is 11.6. The fourth-order valence-corrected chi connectivity index (χ4v) is 3.63. The molecule has 2 N–H and O–H groups in total. The van der Waals surface area contributed by atoms with Gasteiger partial charge in [0.15, 0.2) is 0 Å². The highest BCUT2D eigenvalue weighted by molar-refractivity contribution is 5.95. The van der Waals surface area contributed by atoms with Gasteiger partial charge in [0.2, 0.25) is 11.8 Å². The summed E-state index contributed by atoms with van der Waals surface area (Å²) >= 11 is 0. The number of nitrogens with one attached hydrogen (secondary N) is 2. The summed E-state index contributed by atoms with van der Waals surface area (Å²) in [7, 11) is 1.61. The third kappa shape index (κ3) is 3.29. The highest BCUT2D eigenvalue weighted by Gasteiger charge is 2.30. The number of aromatic amines is 1. The Morgan fingerprint density at radius 1 is 1.33 bits per heavy atom. The third-order valence-electron chi connectivity index (χ3n) is 4.93. The van der Waals surface area contributed by atoms with E-state index in [1.54, 1.807) is 24.2 Å². The van der Waals surface area contributed by atoms with Gasteiger partial charge in [-0.15, -0.1) is 0 Å². The second kappa shape index (κ2) is 7.07. The Balaban J connectivity index is 1.66. The highest BCUT2D eigenvalue weighted by atomic mass is 16.2. The molecule has 130 valence electrons. The lowest BCUT2D eigenvalue weighted by Crippen LogP contribution is -2.45. The minimum atomic E-state index is -0.114. The maximum absolute atomic E-state index is 12.5.